The number of aldehydes is 1. The van der Waals surface area contributed by atoms with Crippen LogP contribution in [-0.2, 0) is 13.1 Å². The Morgan fingerprint density at radius 3 is 2.52 bits per heavy atom. The fourth-order valence-corrected chi connectivity index (χ4v) is 4.26. The molecule has 0 saturated carbocycles. The summed E-state index contributed by atoms with van der Waals surface area (Å²) in [5.74, 6) is 0. The molecule has 5 heteroatoms. The summed E-state index contributed by atoms with van der Waals surface area (Å²) in [6.45, 7) is 1.39. The molecular formula is C26H20BrN3O. The van der Waals surface area contributed by atoms with Gasteiger partial charge in [0.15, 0.2) is 6.29 Å². The van der Waals surface area contributed by atoms with E-state index in [9.17, 15) is 4.79 Å². The molecule has 2 heterocycles. The number of rotatable bonds is 6. The predicted octanol–water partition coefficient (Wildman–Crippen LogP) is 6.18. The zero-order valence-corrected chi connectivity index (χ0v) is 18.4. The molecule has 31 heavy (non-hydrogen) atoms. The van der Waals surface area contributed by atoms with E-state index in [1.54, 1.807) is 0 Å². The highest BCUT2D eigenvalue weighted by Gasteiger charge is 2.13. The zero-order chi connectivity index (χ0) is 21.2. The third-order valence-electron chi connectivity index (χ3n) is 5.53. The molecule has 0 radical (unpaired) electrons. The molecule has 0 aliphatic rings. The van der Waals surface area contributed by atoms with Gasteiger partial charge in [-0.2, -0.15) is 0 Å². The van der Waals surface area contributed by atoms with Crippen molar-refractivity contribution in [1.82, 2.24) is 14.1 Å². The van der Waals surface area contributed by atoms with Crippen molar-refractivity contribution in [2.24, 2.45) is 0 Å². The van der Waals surface area contributed by atoms with Gasteiger partial charge in [-0.05, 0) is 34.0 Å². The van der Waals surface area contributed by atoms with E-state index in [1.807, 2.05) is 49.1 Å². The average Bonchev–Trinajstić information content (AvgIpc) is 3.41. The van der Waals surface area contributed by atoms with E-state index < -0.39 is 0 Å². The smallest absolute Gasteiger partial charge is 0.152 e. The fraction of sp³-hybridized carbons (Fsp3) is 0.0769. The molecule has 0 N–H and O–H groups in total. The van der Waals surface area contributed by atoms with Crippen molar-refractivity contribution in [1.29, 1.82) is 0 Å². The van der Waals surface area contributed by atoms with Crippen molar-refractivity contribution in [2.45, 2.75) is 13.1 Å². The molecule has 5 aromatic rings. The molecule has 4 nitrogen and oxygen atoms in total. The van der Waals surface area contributed by atoms with Crippen LogP contribution in [0.2, 0.25) is 0 Å². The van der Waals surface area contributed by atoms with Gasteiger partial charge in [-0.1, -0.05) is 70.5 Å². The summed E-state index contributed by atoms with van der Waals surface area (Å²) in [7, 11) is 0. The maximum Gasteiger partial charge on any atom is 0.152 e. The second kappa shape index (κ2) is 8.36. The number of nitrogens with zero attached hydrogens (tertiary/aromatic N) is 3. The number of hydrogen-bond acceptors (Lipinski definition) is 2. The molecular weight excluding hydrogens is 450 g/mol. The molecule has 5 rings (SSSR count). The van der Waals surface area contributed by atoms with Crippen LogP contribution in [0.1, 0.15) is 21.6 Å². The molecule has 0 aliphatic heterocycles. The molecule has 0 unspecified atom stereocenters. The molecule has 0 atom stereocenters. The second-order valence-corrected chi connectivity index (χ2v) is 8.50. The lowest BCUT2D eigenvalue weighted by Crippen LogP contribution is -2.07. The summed E-state index contributed by atoms with van der Waals surface area (Å²) in [4.78, 5) is 16.2. The van der Waals surface area contributed by atoms with Crippen LogP contribution >= 0.6 is 15.9 Å². The van der Waals surface area contributed by atoms with Crippen LogP contribution in [0.4, 0.5) is 0 Å². The lowest BCUT2D eigenvalue weighted by molar-refractivity contribution is 0.112. The third kappa shape index (κ3) is 3.97. The first-order valence-corrected chi connectivity index (χ1v) is 10.9. The van der Waals surface area contributed by atoms with Crippen molar-refractivity contribution >= 4 is 33.0 Å². The lowest BCUT2D eigenvalue weighted by Gasteiger charge is -2.09. The Balaban J connectivity index is 1.47. The second-order valence-electron chi connectivity index (χ2n) is 7.58. The first-order valence-electron chi connectivity index (χ1n) is 10.1. The molecule has 152 valence electrons. The highest BCUT2D eigenvalue weighted by molar-refractivity contribution is 9.10. The van der Waals surface area contributed by atoms with Gasteiger partial charge in [-0.25, -0.2) is 4.98 Å². The highest BCUT2D eigenvalue weighted by atomic mass is 79.9. The largest absolute Gasteiger partial charge is 0.347 e. The Hall–Kier alpha value is -3.44. The van der Waals surface area contributed by atoms with Gasteiger partial charge in [-0.15, -0.1) is 0 Å². The van der Waals surface area contributed by atoms with Gasteiger partial charge >= 0.3 is 0 Å². The molecule has 0 aliphatic carbocycles. The van der Waals surface area contributed by atoms with Crippen LogP contribution in [0.25, 0.3) is 21.9 Å². The Bertz CT molecular complexity index is 1360. The third-order valence-corrected chi connectivity index (χ3v) is 6.06. The first kappa shape index (κ1) is 19.5. The number of halogens is 1. The molecule has 0 bridgehead atoms. The maximum absolute atomic E-state index is 11.9. The molecule has 0 saturated heterocycles. The van der Waals surface area contributed by atoms with Crippen LogP contribution in [0.15, 0.2) is 96.1 Å². The van der Waals surface area contributed by atoms with Gasteiger partial charge in [0.05, 0.1) is 18.6 Å². The van der Waals surface area contributed by atoms with Crippen molar-refractivity contribution in [3.63, 3.8) is 0 Å². The summed E-state index contributed by atoms with van der Waals surface area (Å²) in [5, 5.41) is 2.31. The van der Waals surface area contributed by atoms with Crippen molar-refractivity contribution in [2.75, 3.05) is 0 Å². The highest BCUT2D eigenvalue weighted by Crippen LogP contribution is 2.31. The van der Waals surface area contributed by atoms with E-state index in [0.29, 0.717) is 12.1 Å². The Kier molecular flexibility index (Phi) is 5.26. The molecule has 3 aromatic carbocycles. The monoisotopic (exact) mass is 469 g/mol. The standard InChI is InChI=1S/C26H20BrN3O/c27-22-10-8-19(9-11-22)13-30-18-28-12-23(30)15-29-14-21(17-31)26(16-29)25-7-3-5-20-4-1-2-6-24(20)25/h1-12,14,16-18H,13,15H2. The zero-order valence-electron chi connectivity index (χ0n) is 16.8. The van der Waals surface area contributed by atoms with E-state index in [-0.39, 0.29) is 0 Å². The van der Waals surface area contributed by atoms with Gasteiger partial charge in [0.2, 0.25) is 0 Å². The minimum atomic E-state index is 0.641. The van der Waals surface area contributed by atoms with Crippen LogP contribution in [0.3, 0.4) is 0 Å². The lowest BCUT2D eigenvalue weighted by atomic mass is 9.98. The number of fused-ring (bicyclic) bond motifs is 1. The van der Waals surface area contributed by atoms with Crippen molar-refractivity contribution in [3.8, 4) is 11.1 Å². The minimum Gasteiger partial charge on any atom is -0.347 e. The number of benzene rings is 3. The van der Waals surface area contributed by atoms with Gasteiger partial charge in [-0.3, -0.25) is 4.79 Å². The summed E-state index contributed by atoms with van der Waals surface area (Å²) in [5.41, 5.74) is 5.00. The van der Waals surface area contributed by atoms with Crippen LogP contribution < -0.4 is 0 Å². The topological polar surface area (TPSA) is 39.8 Å². The number of carbonyl (C=O) groups excluding carboxylic acids is 1. The summed E-state index contributed by atoms with van der Waals surface area (Å²) in [6.07, 6.45) is 8.65. The average molecular weight is 470 g/mol. The van der Waals surface area contributed by atoms with E-state index in [0.717, 1.165) is 44.9 Å². The van der Waals surface area contributed by atoms with E-state index >= 15 is 0 Å². The van der Waals surface area contributed by atoms with Crippen LogP contribution in [0.5, 0.6) is 0 Å². The Morgan fingerprint density at radius 1 is 0.871 bits per heavy atom. The quantitative estimate of drug-likeness (QED) is 0.278. The van der Waals surface area contributed by atoms with E-state index in [1.165, 1.54) is 5.56 Å². The van der Waals surface area contributed by atoms with Crippen LogP contribution in [-0.4, -0.2) is 20.4 Å². The molecule has 0 spiro atoms. The van der Waals surface area contributed by atoms with Gasteiger partial charge in [0.1, 0.15) is 0 Å². The number of hydrogen-bond donors (Lipinski definition) is 0. The van der Waals surface area contributed by atoms with Crippen molar-refractivity contribution in [3.05, 3.63) is 113 Å². The first-order chi connectivity index (χ1) is 15.2. The number of imidazole rings is 1. The molecule has 0 fully saturated rings. The van der Waals surface area contributed by atoms with Crippen molar-refractivity contribution < 1.29 is 4.79 Å². The van der Waals surface area contributed by atoms with E-state index in [4.69, 9.17) is 0 Å². The van der Waals surface area contributed by atoms with Crippen LogP contribution in [0, 0.1) is 0 Å². The minimum absolute atomic E-state index is 0.641. The summed E-state index contributed by atoms with van der Waals surface area (Å²) >= 11 is 3.48. The predicted molar refractivity (Wildman–Crippen MR) is 127 cm³/mol. The van der Waals surface area contributed by atoms with Gasteiger partial charge in [0, 0.05) is 40.7 Å². The maximum atomic E-state index is 11.9. The number of aromatic nitrogens is 3. The molecule has 0 amide bonds. The normalized spacial score (nSPS) is 11.1. The van der Waals surface area contributed by atoms with E-state index in [2.05, 4.69) is 72.6 Å². The Labute approximate surface area is 188 Å². The Morgan fingerprint density at radius 2 is 1.68 bits per heavy atom. The summed E-state index contributed by atoms with van der Waals surface area (Å²) in [6, 6.07) is 22.8. The van der Waals surface area contributed by atoms with Gasteiger partial charge < -0.3 is 9.13 Å². The SMILES string of the molecule is O=Cc1cn(Cc2cncn2Cc2ccc(Br)cc2)cc1-c1cccc2ccccc12. The molecule has 2 aromatic heterocycles. The summed E-state index contributed by atoms with van der Waals surface area (Å²) < 4.78 is 5.27. The fourth-order valence-electron chi connectivity index (χ4n) is 3.99. The van der Waals surface area contributed by atoms with Gasteiger partial charge in [0.25, 0.3) is 0 Å². The number of carbonyl (C=O) groups is 1.